The van der Waals surface area contributed by atoms with Gasteiger partial charge in [-0.3, -0.25) is 14.7 Å². The van der Waals surface area contributed by atoms with E-state index >= 15 is 0 Å². The van der Waals surface area contributed by atoms with Crippen molar-refractivity contribution in [1.82, 2.24) is 9.78 Å². The average molecular weight is 600 g/mol. The maximum Gasteiger partial charge on any atom is 0.273 e. The van der Waals surface area contributed by atoms with Gasteiger partial charge in [0.05, 0.1) is 10.0 Å². The van der Waals surface area contributed by atoms with Gasteiger partial charge in [0.15, 0.2) is 0 Å². The molecule has 206 valence electrons. The van der Waals surface area contributed by atoms with E-state index in [1.54, 1.807) is 18.2 Å². The number of H-pyrrole nitrogens is 1. The summed E-state index contributed by atoms with van der Waals surface area (Å²) in [5.74, 6) is 0.191. The number of carbonyl (C=O) groups excluding carboxylic acids is 1. The van der Waals surface area contributed by atoms with Gasteiger partial charge < -0.3 is 10.6 Å². The number of rotatable bonds is 15. The fourth-order valence-electron chi connectivity index (χ4n) is 4.19. The zero-order valence-electron chi connectivity index (χ0n) is 21.5. The predicted molar refractivity (Wildman–Crippen MR) is 161 cm³/mol. The van der Waals surface area contributed by atoms with E-state index in [0.717, 1.165) is 12.8 Å². The van der Waals surface area contributed by atoms with Gasteiger partial charge in [0.25, 0.3) is 5.56 Å². The Balaban J connectivity index is 1.51. The zero-order chi connectivity index (χ0) is 27.5. The molecule has 3 aromatic rings. The summed E-state index contributed by atoms with van der Waals surface area (Å²) in [7, 11) is 0. The van der Waals surface area contributed by atoms with E-state index in [-0.39, 0.29) is 21.5 Å². The summed E-state index contributed by atoms with van der Waals surface area (Å²) in [6.45, 7) is 2.23. The van der Waals surface area contributed by atoms with Gasteiger partial charge >= 0.3 is 0 Å². The number of alkyl halides is 1. The van der Waals surface area contributed by atoms with Crippen molar-refractivity contribution in [3.63, 3.8) is 0 Å². The summed E-state index contributed by atoms with van der Waals surface area (Å²) < 4.78 is 1.24. The van der Waals surface area contributed by atoms with Gasteiger partial charge in [-0.15, -0.1) is 11.6 Å². The molecule has 1 heterocycles. The van der Waals surface area contributed by atoms with Crippen LogP contribution in [0, 0.1) is 0 Å². The molecule has 0 saturated heterocycles. The lowest BCUT2D eigenvalue weighted by Gasteiger charge is -2.12. The number of anilines is 3. The average Bonchev–Trinajstić information content (AvgIpc) is 3.21. The van der Waals surface area contributed by atoms with Crippen LogP contribution in [0.3, 0.4) is 0 Å². The van der Waals surface area contributed by atoms with Crippen molar-refractivity contribution in [2.24, 2.45) is 0 Å². The molecule has 0 aliphatic carbocycles. The quantitative estimate of drug-likeness (QED) is 0.120. The van der Waals surface area contributed by atoms with Crippen LogP contribution in [-0.2, 0) is 4.79 Å². The molecule has 1 aromatic heterocycles. The third-order valence-corrected chi connectivity index (χ3v) is 7.39. The van der Waals surface area contributed by atoms with Gasteiger partial charge in [-0.2, -0.15) is 0 Å². The molecule has 1 unspecified atom stereocenters. The summed E-state index contributed by atoms with van der Waals surface area (Å²) in [4.78, 5) is 25.2. The normalized spacial score (nSPS) is 11.9. The second kappa shape index (κ2) is 15.5. The number of aromatic nitrogens is 2. The van der Waals surface area contributed by atoms with E-state index < -0.39 is 5.38 Å². The van der Waals surface area contributed by atoms with Crippen molar-refractivity contribution in [2.45, 2.75) is 76.5 Å². The fraction of sp³-hybridized carbons (Fsp3) is 0.429. The van der Waals surface area contributed by atoms with Crippen LogP contribution in [0.25, 0.3) is 5.69 Å². The topological polar surface area (TPSA) is 78.9 Å². The van der Waals surface area contributed by atoms with Gasteiger partial charge in [-0.1, -0.05) is 106 Å². The maximum absolute atomic E-state index is 12.6. The Bertz CT molecular complexity index is 1230. The highest BCUT2D eigenvalue weighted by Crippen LogP contribution is 2.31. The lowest BCUT2D eigenvalue weighted by molar-refractivity contribution is -0.116. The van der Waals surface area contributed by atoms with Crippen LogP contribution < -0.4 is 16.2 Å². The lowest BCUT2D eigenvalue weighted by atomic mass is 10.1. The standard InChI is InChI=1S/C28H34Cl4N4O2/c1-2-3-4-5-6-7-8-9-10-14-22(30)28(38)34-21-13-11-12-20(17-21)33-25-18-26(37)36(35-25)27-23(31)15-19(29)16-24(27)32/h11-13,15-18,22,33,35H,2-10,14H2,1H3,(H,34,38). The molecule has 38 heavy (non-hydrogen) atoms. The van der Waals surface area contributed by atoms with E-state index in [9.17, 15) is 9.59 Å². The molecular formula is C28H34Cl4N4O2. The van der Waals surface area contributed by atoms with Crippen LogP contribution in [0.5, 0.6) is 0 Å². The minimum absolute atomic E-state index is 0.227. The van der Waals surface area contributed by atoms with E-state index in [1.165, 1.54) is 67.8 Å². The van der Waals surface area contributed by atoms with Gasteiger partial charge in [-0.25, -0.2) is 4.68 Å². The highest BCUT2D eigenvalue weighted by molar-refractivity contribution is 6.40. The largest absolute Gasteiger partial charge is 0.340 e. The molecule has 3 rings (SSSR count). The second-order valence-electron chi connectivity index (χ2n) is 9.34. The molecule has 0 bridgehead atoms. The zero-order valence-corrected chi connectivity index (χ0v) is 24.5. The summed E-state index contributed by atoms with van der Waals surface area (Å²) in [5.41, 5.74) is 1.21. The van der Waals surface area contributed by atoms with Crippen LogP contribution in [0.15, 0.2) is 47.3 Å². The van der Waals surface area contributed by atoms with Crippen molar-refractivity contribution in [2.75, 3.05) is 10.6 Å². The number of amides is 1. The minimum atomic E-state index is -0.588. The Labute approximate surface area is 244 Å². The molecule has 0 fully saturated rings. The highest BCUT2D eigenvalue weighted by Gasteiger charge is 2.16. The highest BCUT2D eigenvalue weighted by atomic mass is 35.5. The lowest BCUT2D eigenvalue weighted by Crippen LogP contribution is -2.23. The van der Waals surface area contributed by atoms with Gasteiger partial charge in [0, 0.05) is 22.5 Å². The van der Waals surface area contributed by atoms with Gasteiger partial charge in [0.1, 0.15) is 16.9 Å². The molecule has 2 aromatic carbocycles. The van der Waals surface area contributed by atoms with Crippen molar-refractivity contribution in [3.8, 4) is 5.69 Å². The van der Waals surface area contributed by atoms with E-state index in [0.29, 0.717) is 34.3 Å². The molecule has 0 radical (unpaired) electrons. The number of hydrogen-bond acceptors (Lipinski definition) is 3. The van der Waals surface area contributed by atoms with Crippen LogP contribution in [0.1, 0.15) is 71.1 Å². The van der Waals surface area contributed by atoms with Crippen molar-refractivity contribution < 1.29 is 4.79 Å². The third kappa shape index (κ3) is 9.26. The molecule has 1 amide bonds. The summed E-state index contributed by atoms with van der Waals surface area (Å²) >= 11 is 24.9. The smallest absolute Gasteiger partial charge is 0.273 e. The summed E-state index contributed by atoms with van der Waals surface area (Å²) in [6, 6.07) is 11.6. The SMILES string of the molecule is CCCCCCCCCCCC(Cl)C(=O)Nc1cccc(Nc2cc(=O)n(-c3c(Cl)cc(Cl)cc3Cl)[nH]2)c1. The van der Waals surface area contributed by atoms with Gasteiger partial charge in [-0.05, 0) is 36.8 Å². The van der Waals surface area contributed by atoms with Crippen molar-refractivity contribution in [3.05, 3.63) is 67.9 Å². The van der Waals surface area contributed by atoms with E-state index in [1.807, 2.05) is 6.07 Å². The minimum Gasteiger partial charge on any atom is -0.340 e. The number of benzene rings is 2. The van der Waals surface area contributed by atoms with Gasteiger partial charge in [0.2, 0.25) is 5.91 Å². The molecular weight excluding hydrogens is 566 g/mol. The Morgan fingerprint density at radius 3 is 2.16 bits per heavy atom. The number of unbranched alkanes of at least 4 members (excludes halogenated alkanes) is 8. The van der Waals surface area contributed by atoms with E-state index in [2.05, 4.69) is 22.7 Å². The Morgan fingerprint density at radius 1 is 0.895 bits per heavy atom. The molecule has 1 atom stereocenters. The van der Waals surface area contributed by atoms with Crippen LogP contribution in [0.2, 0.25) is 15.1 Å². The molecule has 10 heteroatoms. The first-order valence-electron chi connectivity index (χ1n) is 13.1. The third-order valence-electron chi connectivity index (χ3n) is 6.18. The molecule has 6 nitrogen and oxygen atoms in total. The maximum atomic E-state index is 12.6. The predicted octanol–water partition coefficient (Wildman–Crippen LogP) is 9.34. The second-order valence-corrected chi connectivity index (χ2v) is 11.1. The first-order chi connectivity index (χ1) is 18.3. The van der Waals surface area contributed by atoms with Crippen LogP contribution >= 0.6 is 46.4 Å². The van der Waals surface area contributed by atoms with Crippen LogP contribution in [0.4, 0.5) is 17.2 Å². The van der Waals surface area contributed by atoms with E-state index in [4.69, 9.17) is 46.4 Å². The number of aromatic amines is 1. The van der Waals surface area contributed by atoms with Crippen LogP contribution in [-0.4, -0.2) is 21.1 Å². The first kappa shape index (κ1) is 30.4. The number of carbonyl (C=O) groups is 1. The first-order valence-corrected chi connectivity index (χ1v) is 14.6. The fourth-order valence-corrected chi connectivity index (χ4v) is 5.39. The Morgan fingerprint density at radius 2 is 1.50 bits per heavy atom. The molecule has 0 saturated carbocycles. The molecule has 3 N–H and O–H groups in total. The number of halogens is 4. The van der Waals surface area contributed by atoms with Crippen molar-refractivity contribution >= 4 is 69.5 Å². The number of hydrogen-bond donors (Lipinski definition) is 3. The summed E-state index contributed by atoms with van der Waals surface area (Å²) in [5, 5.41) is 9.20. The molecule has 0 aliphatic rings. The Hall–Kier alpha value is -2.12. The Kier molecular flexibility index (Phi) is 12.4. The molecule has 0 aliphatic heterocycles. The monoisotopic (exact) mass is 598 g/mol. The van der Waals surface area contributed by atoms with Crippen molar-refractivity contribution in [1.29, 1.82) is 0 Å². The number of nitrogens with zero attached hydrogens (tertiary/aromatic N) is 1. The molecule has 0 spiro atoms. The summed E-state index contributed by atoms with van der Waals surface area (Å²) in [6.07, 6.45) is 11.6. The number of nitrogens with one attached hydrogen (secondary N) is 3.